The van der Waals surface area contributed by atoms with Crippen molar-refractivity contribution >= 4 is 22.8 Å². The van der Waals surface area contributed by atoms with Crippen LogP contribution >= 0.6 is 0 Å². The number of esters is 1. The summed E-state index contributed by atoms with van der Waals surface area (Å²) in [4.78, 5) is 29.7. The second-order valence-corrected chi connectivity index (χ2v) is 6.08. The van der Waals surface area contributed by atoms with Crippen molar-refractivity contribution in [3.8, 4) is 0 Å². The first-order valence-corrected chi connectivity index (χ1v) is 8.28. The first kappa shape index (κ1) is 17.2. The predicted molar refractivity (Wildman–Crippen MR) is 94.4 cm³/mol. The van der Waals surface area contributed by atoms with Crippen molar-refractivity contribution in [3.05, 3.63) is 47.7 Å². The van der Waals surface area contributed by atoms with E-state index in [2.05, 4.69) is 11.6 Å². The van der Waals surface area contributed by atoms with Crippen LogP contribution < -0.4 is 0 Å². The smallest absolute Gasteiger partial charge is 0.339 e. The van der Waals surface area contributed by atoms with E-state index in [0.29, 0.717) is 31.7 Å². The number of hydrogen-bond donors (Lipinski definition) is 1. The van der Waals surface area contributed by atoms with Crippen molar-refractivity contribution in [3.63, 3.8) is 0 Å². The number of benzene rings is 1. The number of nitrogens with one attached hydrogen (secondary N) is 1. The van der Waals surface area contributed by atoms with Gasteiger partial charge in [0.2, 0.25) is 0 Å². The SMILES string of the molecule is C=CCO[C@H](C)C(=O)N1CCc2[nH]c3c(C(=O)OC)cccc3c2C1. The Balaban J connectivity index is 1.89. The normalized spacial score (nSPS) is 14.9. The third-order valence-corrected chi connectivity index (χ3v) is 4.54. The number of carbonyl (C=O) groups excluding carboxylic acids is 2. The van der Waals surface area contributed by atoms with Gasteiger partial charge in [-0.2, -0.15) is 0 Å². The van der Waals surface area contributed by atoms with Crippen molar-refractivity contribution in [1.29, 1.82) is 0 Å². The molecule has 0 aliphatic carbocycles. The second kappa shape index (κ2) is 7.11. The number of aromatic amines is 1. The number of methoxy groups -OCH3 is 1. The Morgan fingerprint density at radius 1 is 1.44 bits per heavy atom. The summed E-state index contributed by atoms with van der Waals surface area (Å²) in [6.07, 6.45) is 1.84. The molecule has 0 unspecified atom stereocenters. The zero-order valence-electron chi connectivity index (χ0n) is 14.5. The zero-order valence-corrected chi connectivity index (χ0v) is 14.5. The average molecular weight is 342 g/mol. The maximum absolute atomic E-state index is 12.6. The zero-order chi connectivity index (χ0) is 18.0. The van der Waals surface area contributed by atoms with E-state index in [0.717, 1.165) is 22.2 Å². The number of H-pyrrole nitrogens is 1. The van der Waals surface area contributed by atoms with Crippen LogP contribution in [0.5, 0.6) is 0 Å². The topological polar surface area (TPSA) is 71.6 Å². The standard InChI is InChI=1S/C19H22N2O4/c1-4-10-25-12(2)18(22)21-9-8-16-15(11-21)13-6-5-7-14(17(13)20-16)19(23)24-3/h4-7,12,20H,1,8-11H2,2-3H3/t12-/m1/s1. The fraction of sp³-hybridized carbons (Fsp3) is 0.368. The molecule has 2 aromatic rings. The number of fused-ring (bicyclic) bond motifs is 3. The Hall–Kier alpha value is -2.60. The van der Waals surface area contributed by atoms with Crippen LogP contribution in [0.1, 0.15) is 28.5 Å². The molecule has 0 saturated carbocycles. The van der Waals surface area contributed by atoms with Crippen LogP contribution in [-0.4, -0.2) is 48.1 Å². The number of hydrogen-bond acceptors (Lipinski definition) is 4. The van der Waals surface area contributed by atoms with Crippen LogP contribution in [0.15, 0.2) is 30.9 Å². The molecule has 3 rings (SSSR count). The van der Waals surface area contributed by atoms with Crippen LogP contribution in [0.4, 0.5) is 0 Å². The Morgan fingerprint density at radius 2 is 2.24 bits per heavy atom. The third kappa shape index (κ3) is 3.17. The lowest BCUT2D eigenvalue weighted by Gasteiger charge is -2.29. The maximum atomic E-state index is 12.6. The molecule has 0 spiro atoms. The molecule has 6 nitrogen and oxygen atoms in total. The van der Waals surface area contributed by atoms with Gasteiger partial charge in [0.1, 0.15) is 6.10 Å². The number of nitrogens with zero attached hydrogens (tertiary/aromatic N) is 1. The molecule has 0 radical (unpaired) electrons. The van der Waals surface area contributed by atoms with Crippen LogP contribution in [0, 0.1) is 0 Å². The van der Waals surface area contributed by atoms with Gasteiger partial charge in [-0.1, -0.05) is 18.2 Å². The van der Waals surface area contributed by atoms with Crippen LogP contribution in [-0.2, 0) is 27.2 Å². The molecule has 2 heterocycles. The summed E-state index contributed by atoms with van der Waals surface area (Å²) in [6.45, 7) is 6.82. The van der Waals surface area contributed by atoms with Crippen molar-refractivity contribution < 1.29 is 19.1 Å². The molecule has 1 aromatic carbocycles. The van der Waals surface area contributed by atoms with Gasteiger partial charge < -0.3 is 19.4 Å². The summed E-state index contributed by atoms with van der Waals surface area (Å²) >= 11 is 0. The minimum atomic E-state index is -0.504. The highest BCUT2D eigenvalue weighted by atomic mass is 16.5. The largest absolute Gasteiger partial charge is 0.465 e. The molecule has 25 heavy (non-hydrogen) atoms. The van der Waals surface area contributed by atoms with Gasteiger partial charge in [0.15, 0.2) is 0 Å². The second-order valence-electron chi connectivity index (χ2n) is 6.08. The number of aromatic nitrogens is 1. The quantitative estimate of drug-likeness (QED) is 0.669. The maximum Gasteiger partial charge on any atom is 0.339 e. The Kier molecular flexibility index (Phi) is 4.90. The fourth-order valence-corrected chi connectivity index (χ4v) is 3.25. The van der Waals surface area contributed by atoms with Gasteiger partial charge in [-0.25, -0.2) is 4.79 Å². The molecular weight excluding hydrogens is 320 g/mol. The van der Waals surface area contributed by atoms with Crippen LogP contribution in [0.3, 0.4) is 0 Å². The van der Waals surface area contributed by atoms with Crippen molar-refractivity contribution in [1.82, 2.24) is 9.88 Å². The van der Waals surface area contributed by atoms with Gasteiger partial charge in [0.25, 0.3) is 5.91 Å². The summed E-state index contributed by atoms with van der Waals surface area (Å²) in [5.41, 5.74) is 3.39. The number of ether oxygens (including phenoxy) is 2. The average Bonchev–Trinajstić information content (AvgIpc) is 3.02. The van der Waals surface area contributed by atoms with E-state index in [1.165, 1.54) is 7.11 Å². The lowest BCUT2D eigenvalue weighted by molar-refractivity contribution is -0.142. The molecule has 1 aliphatic rings. The highest BCUT2D eigenvalue weighted by molar-refractivity contribution is 6.04. The van der Waals surface area contributed by atoms with E-state index < -0.39 is 6.10 Å². The van der Waals surface area contributed by atoms with E-state index in [1.807, 2.05) is 12.1 Å². The lowest BCUT2D eigenvalue weighted by atomic mass is 10.0. The summed E-state index contributed by atoms with van der Waals surface area (Å²) in [6, 6.07) is 5.53. The lowest BCUT2D eigenvalue weighted by Crippen LogP contribution is -2.42. The summed E-state index contributed by atoms with van der Waals surface area (Å²) in [5.74, 6) is -0.408. The molecule has 1 aliphatic heterocycles. The first-order chi connectivity index (χ1) is 12.1. The number of rotatable bonds is 5. The van der Waals surface area contributed by atoms with Crippen LogP contribution in [0.25, 0.3) is 10.9 Å². The Bertz CT molecular complexity index is 824. The highest BCUT2D eigenvalue weighted by Crippen LogP contribution is 2.30. The van der Waals surface area contributed by atoms with E-state index >= 15 is 0 Å². The minimum absolute atomic E-state index is 0.0361. The van der Waals surface area contributed by atoms with Crippen molar-refractivity contribution in [2.75, 3.05) is 20.3 Å². The van der Waals surface area contributed by atoms with E-state index in [-0.39, 0.29) is 11.9 Å². The highest BCUT2D eigenvalue weighted by Gasteiger charge is 2.28. The first-order valence-electron chi connectivity index (χ1n) is 8.28. The number of carbonyl (C=O) groups is 2. The predicted octanol–water partition coefficient (Wildman–Crippen LogP) is 2.43. The van der Waals surface area contributed by atoms with Gasteiger partial charge >= 0.3 is 5.97 Å². The summed E-state index contributed by atoms with van der Waals surface area (Å²) < 4.78 is 10.3. The number of para-hydroxylation sites is 1. The van der Waals surface area contributed by atoms with E-state index in [4.69, 9.17) is 9.47 Å². The summed E-state index contributed by atoms with van der Waals surface area (Å²) in [5, 5.41) is 0.954. The molecule has 0 bridgehead atoms. The third-order valence-electron chi connectivity index (χ3n) is 4.54. The van der Waals surface area contributed by atoms with Gasteiger partial charge in [-0.05, 0) is 13.0 Å². The number of amides is 1. The van der Waals surface area contributed by atoms with Gasteiger partial charge in [0, 0.05) is 36.2 Å². The van der Waals surface area contributed by atoms with Crippen LogP contribution in [0.2, 0.25) is 0 Å². The molecule has 1 aromatic heterocycles. The van der Waals surface area contributed by atoms with Gasteiger partial charge in [-0.3, -0.25) is 4.79 Å². The molecule has 0 fully saturated rings. The molecule has 6 heteroatoms. The van der Waals surface area contributed by atoms with E-state index in [9.17, 15) is 9.59 Å². The summed E-state index contributed by atoms with van der Waals surface area (Å²) in [7, 11) is 1.37. The molecule has 0 saturated heterocycles. The van der Waals surface area contributed by atoms with Gasteiger partial charge in [0.05, 0.1) is 24.8 Å². The molecule has 1 N–H and O–H groups in total. The van der Waals surface area contributed by atoms with Crippen molar-refractivity contribution in [2.45, 2.75) is 26.0 Å². The monoisotopic (exact) mass is 342 g/mol. The molecular formula is C19H22N2O4. The van der Waals surface area contributed by atoms with Gasteiger partial charge in [-0.15, -0.1) is 6.58 Å². The Morgan fingerprint density at radius 3 is 2.96 bits per heavy atom. The Labute approximate surface area is 146 Å². The minimum Gasteiger partial charge on any atom is -0.465 e. The van der Waals surface area contributed by atoms with E-state index in [1.54, 1.807) is 24.0 Å². The molecule has 1 atom stereocenters. The molecule has 1 amide bonds. The fourth-order valence-electron chi connectivity index (χ4n) is 3.25. The van der Waals surface area contributed by atoms with Crippen molar-refractivity contribution in [2.24, 2.45) is 0 Å². The molecule has 132 valence electrons.